The molecule has 1 aromatic rings. The average molecular weight is 294 g/mol. The fourth-order valence-electron chi connectivity index (χ4n) is 2.23. The van der Waals surface area contributed by atoms with Crippen LogP contribution in [0.1, 0.15) is 36.5 Å². The van der Waals surface area contributed by atoms with Gasteiger partial charge in [-0.1, -0.05) is 12.1 Å². The second-order valence-corrected chi connectivity index (χ2v) is 5.13. The molecule has 5 nitrogen and oxygen atoms in total. The lowest BCUT2D eigenvalue weighted by Gasteiger charge is -2.26. The van der Waals surface area contributed by atoms with Crippen molar-refractivity contribution in [1.29, 1.82) is 0 Å². The number of rotatable bonds is 7. The fourth-order valence-corrected chi connectivity index (χ4v) is 2.23. The number of hydrogen-bond donors (Lipinski definition) is 1. The minimum atomic E-state index is -0.525. The molecule has 1 aromatic carbocycles. The first kappa shape index (κ1) is 15.9. The number of hydrogen-bond acceptors (Lipinski definition) is 5. The summed E-state index contributed by atoms with van der Waals surface area (Å²) in [7, 11) is 0. The minimum absolute atomic E-state index is 0.134. The number of carbonyl (C=O) groups is 1. The second-order valence-electron chi connectivity index (χ2n) is 5.13. The topological polar surface area (TPSA) is 65.0 Å². The van der Waals surface area contributed by atoms with Crippen molar-refractivity contribution in [2.45, 2.75) is 38.6 Å². The van der Waals surface area contributed by atoms with Crippen molar-refractivity contribution in [2.24, 2.45) is 0 Å². The SMILES string of the molecule is CC(COc1ccccc1C(=O)CO)OC1CCCCO1. The zero-order chi connectivity index (χ0) is 15.1. The zero-order valence-electron chi connectivity index (χ0n) is 12.3. The minimum Gasteiger partial charge on any atom is -0.490 e. The first-order chi connectivity index (χ1) is 10.2. The molecule has 21 heavy (non-hydrogen) atoms. The standard InChI is InChI=1S/C16H22O5/c1-12(21-16-8-4-5-9-19-16)11-20-15-7-3-2-6-13(15)14(18)10-17/h2-3,6-7,12,16-17H,4-5,8-11H2,1H3. The van der Waals surface area contributed by atoms with Gasteiger partial charge in [0.1, 0.15) is 19.0 Å². The van der Waals surface area contributed by atoms with Gasteiger partial charge < -0.3 is 19.3 Å². The number of aliphatic hydroxyl groups excluding tert-OH is 1. The highest BCUT2D eigenvalue weighted by Crippen LogP contribution is 2.20. The van der Waals surface area contributed by atoms with E-state index in [0.29, 0.717) is 17.9 Å². The molecule has 0 radical (unpaired) electrons. The lowest BCUT2D eigenvalue weighted by Crippen LogP contribution is -2.29. The van der Waals surface area contributed by atoms with Gasteiger partial charge in [0.05, 0.1) is 11.7 Å². The van der Waals surface area contributed by atoms with E-state index in [9.17, 15) is 4.79 Å². The van der Waals surface area contributed by atoms with E-state index < -0.39 is 6.61 Å². The third kappa shape index (κ3) is 4.81. The van der Waals surface area contributed by atoms with Gasteiger partial charge in [-0.3, -0.25) is 4.79 Å². The predicted molar refractivity (Wildman–Crippen MR) is 77.5 cm³/mol. The van der Waals surface area contributed by atoms with Gasteiger partial charge in [-0.05, 0) is 38.3 Å². The monoisotopic (exact) mass is 294 g/mol. The Kier molecular flexibility index (Phi) is 6.17. The maximum atomic E-state index is 11.6. The van der Waals surface area contributed by atoms with Gasteiger partial charge in [-0.2, -0.15) is 0 Å². The smallest absolute Gasteiger partial charge is 0.191 e. The summed E-state index contributed by atoms with van der Waals surface area (Å²) in [6.45, 7) is 2.46. The Morgan fingerprint density at radius 3 is 2.95 bits per heavy atom. The Labute approximate surface area is 124 Å². The molecule has 1 fully saturated rings. The molecule has 1 saturated heterocycles. The highest BCUT2D eigenvalue weighted by molar-refractivity contribution is 5.99. The van der Waals surface area contributed by atoms with Crippen molar-refractivity contribution in [1.82, 2.24) is 0 Å². The van der Waals surface area contributed by atoms with Crippen molar-refractivity contribution >= 4 is 5.78 Å². The molecular weight excluding hydrogens is 272 g/mol. The molecule has 0 bridgehead atoms. The van der Waals surface area contributed by atoms with Crippen molar-refractivity contribution in [3.05, 3.63) is 29.8 Å². The fraction of sp³-hybridized carbons (Fsp3) is 0.562. The number of ether oxygens (including phenoxy) is 3. The molecule has 0 aliphatic carbocycles. The number of para-hydroxylation sites is 1. The van der Waals surface area contributed by atoms with Crippen LogP contribution >= 0.6 is 0 Å². The summed E-state index contributed by atoms with van der Waals surface area (Å²) >= 11 is 0. The number of carbonyl (C=O) groups excluding carboxylic acids is 1. The summed E-state index contributed by atoms with van der Waals surface area (Å²) in [4.78, 5) is 11.6. The molecule has 1 aliphatic heterocycles. The molecule has 116 valence electrons. The summed E-state index contributed by atoms with van der Waals surface area (Å²) in [5.74, 6) is 0.117. The molecule has 2 rings (SSSR count). The zero-order valence-corrected chi connectivity index (χ0v) is 12.3. The van der Waals surface area contributed by atoms with E-state index in [1.807, 2.05) is 6.92 Å². The van der Waals surface area contributed by atoms with E-state index in [1.54, 1.807) is 24.3 Å². The third-order valence-electron chi connectivity index (χ3n) is 3.33. The van der Waals surface area contributed by atoms with Gasteiger partial charge in [-0.15, -0.1) is 0 Å². The van der Waals surface area contributed by atoms with Gasteiger partial charge in [0.15, 0.2) is 12.1 Å². The molecule has 0 aromatic heterocycles. The molecule has 1 N–H and O–H groups in total. The van der Waals surface area contributed by atoms with Crippen LogP contribution in [0, 0.1) is 0 Å². The summed E-state index contributed by atoms with van der Waals surface area (Å²) in [5.41, 5.74) is 0.390. The van der Waals surface area contributed by atoms with Gasteiger partial charge in [-0.25, -0.2) is 0 Å². The molecule has 0 amide bonds. The third-order valence-corrected chi connectivity index (χ3v) is 3.33. The second kappa shape index (κ2) is 8.12. The molecule has 0 spiro atoms. The van der Waals surface area contributed by atoms with E-state index in [2.05, 4.69) is 0 Å². The molecule has 1 heterocycles. The van der Waals surface area contributed by atoms with Crippen LogP contribution < -0.4 is 4.74 Å². The first-order valence-corrected chi connectivity index (χ1v) is 7.33. The Hall–Kier alpha value is -1.43. The van der Waals surface area contributed by atoms with Crippen LogP contribution in [0.15, 0.2) is 24.3 Å². The molecule has 1 aliphatic rings. The van der Waals surface area contributed by atoms with Gasteiger partial charge in [0, 0.05) is 6.61 Å². The van der Waals surface area contributed by atoms with Gasteiger partial charge >= 0.3 is 0 Å². The van der Waals surface area contributed by atoms with Crippen molar-refractivity contribution in [3.8, 4) is 5.75 Å². The normalized spacial score (nSPS) is 20.0. The average Bonchev–Trinajstić information content (AvgIpc) is 2.53. The number of Topliss-reactive ketones (excluding diaryl/α,β-unsaturated/α-hetero) is 1. The van der Waals surface area contributed by atoms with Crippen LogP contribution in [0.5, 0.6) is 5.75 Å². The van der Waals surface area contributed by atoms with E-state index >= 15 is 0 Å². The van der Waals surface area contributed by atoms with Crippen molar-refractivity contribution in [2.75, 3.05) is 19.8 Å². The number of benzene rings is 1. The lowest BCUT2D eigenvalue weighted by atomic mass is 10.1. The lowest BCUT2D eigenvalue weighted by molar-refractivity contribution is -0.189. The maximum Gasteiger partial charge on any atom is 0.191 e. The Balaban J connectivity index is 1.86. The van der Waals surface area contributed by atoms with Crippen molar-refractivity contribution in [3.63, 3.8) is 0 Å². The van der Waals surface area contributed by atoms with Gasteiger partial charge in [0.2, 0.25) is 0 Å². The summed E-state index contributed by atoms with van der Waals surface area (Å²) in [6, 6.07) is 6.89. The highest BCUT2D eigenvalue weighted by Gasteiger charge is 2.18. The highest BCUT2D eigenvalue weighted by atomic mass is 16.7. The quantitative estimate of drug-likeness (QED) is 0.781. The summed E-state index contributed by atoms with van der Waals surface area (Å²) in [5, 5.41) is 8.96. The summed E-state index contributed by atoms with van der Waals surface area (Å²) < 4.78 is 16.9. The van der Waals surface area contributed by atoms with Crippen LogP contribution in [0.25, 0.3) is 0 Å². The van der Waals surface area contributed by atoms with Crippen LogP contribution in [0.2, 0.25) is 0 Å². The Bertz CT molecular complexity index is 454. The molecule has 5 heteroatoms. The number of ketones is 1. The number of aliphatic hydroxyl groups is 1. The van der Waals surface area contributed by atoms with Crippen LogP contribution in [-0.2, 0) is 9.47 Å². The summed E-state index contributed by atoms with van der Waals surface area (Å²) in [6.07, 6.45) is 2.81. The molecule has 2 unspecified atom stereocenters. The molecule has 2 atom stereocenters. The van der Waals surface area contributed by atoms with Crippen LogP contribution in [0.4, 0.5) is 0 Å². The van der Waals surface area contributed by atoms with E-state index in [4.69, 9.17) is 19.3 Å². The first-order valence-electron chi connectivity index (χ1n) is 7.33. The van der Waals surface area contributed by atoms with Crippen LogP contribution in [-0.4, -0.2) is 43.1 Å². The molecule has 0 saturated carbocycles. The molecular formula is C16H22O5. The van der Waals surface area contributed by atoms with Crippen LogP contribution in [0.3, 0.4) is 0 Å². The van der Waals surface area contributed by atoms with E-state index in [-0.39, 0.29) is 18.2 Å². The largest absolute Gasteiger partial charge is 0.490 e. The maximum absolute atomic E-state index is 11.6. The Morgan fingerprint density at radius 1 is 1.43 bits per heavy atom. The predicted octanol–water partition coefficient (Wildman–Crippen LogP) is 2.17. The van der Waals surface area contributed by atoms with E-state index in [1.165, 1.54) is 0 Å². The Morgan fingerprint density at radius 2 is 2.24 bits per heavy atom. The van der Waals surface area contributed by atoms with E-state index in [0.717, 1.165) is 25.9 Å². The van der Waals surface area contributed by atoms with Crippen molar-refractivity contribution < 1.29 is 24.1 Å². The van der Waals surface area contributed by atoms with Gasteiger partial charge in [0.25, 0.3) is 0 Å².